The van der Waals surface area contributed by atoms with Crippen molar-refractivity contribution in [2.45, 2.75) is 79.1 Å². The van der Waals surface area contributed by atoms with Gasteiger partial charge < -0.3 is 36.4 Å². The molecule has 4 fully saturated rings. The summed E-state index contributed by atoms with van der Waals surface area (Å²) in [5.74, 6) is -0.245. The second-order valence-corrected chi connectivity index (χ2v) is 15.1. The summed E-state index contributed by atoms with van der Waals surface area (Å²) in [6.45, 7) is 2.12. The van der Waals surface area contributed by atoms with E-state index in [1.165, 1.54) is 6.07 Å². The van der Waals surface area contributed by atoms with E-state index < -0.39 is 6.03 Å². The second-order valence-electron chi connectivity index (χ2n) is 14.2. The van der Waals surface area contributed by atoms with Gasteiger partial charge in [0.2, 0.25) is 0 Å². The van der Waals surface area contributed by atoms with E-state index in [9.17, 15) is 34.2 Å². The molecule has 4 amide bonds. The molecule has 2 saturated heterocycles. The first kappa shape index (κ1) is 41.8. The lowest BCUT2D eigenvalue weighted by atomic mass is 9.76. The van der Waals surface area contributed by atoms with Crippen LogP contribution in [0.25, 0.3) is 0 Å². The number of Topliss-reactive ketones (excluding diaryl/α,β-unsaturated/α-hetero) is 2. The number of para-hydroxylation sites is 3. The van der Waals surface area contributed by atoms with Crippen LogP contribution < -0.4 is 16.4 Å². The standard InChI is InChI=1S/C23H24BrN3O4.C16H20N2O3.2CH4/c24-16-6-1-2-7-17(16)25-22(31)26-18-8-3-5-15(20(18)29)21(30)27-13-11-23(12-14-27)10-4-9-19(23)28;17-12-4-1-3-11(14(12)20)15(21)18-9-7-16(8-10-18)6-2-5-13(16)19;;/h1-3,5-8,29H,4,9-14H2,(H2,25,26,31);1,3-4,20H,2,5-10,17H2;2*1H4. The highest BCUT2D eigenvalue weighted by Gasteiger charge is 2.46. The maximum Gasteiger partial charge on any atom is 0.323 e. The summed E-state index contributed by atoms with van der Waals surface area (Å²) in [5.41, 5.74) is 6.50. The number of hydrogen-bond donors (Lipinski definition) is 5. The normalized spacial score (nSPS) is 18.2. The van der Waals surface area contributed by atoms with Crippen molar-refractivity contribution >= 4 is 62.4 Å². The third-order valence-electron chi connectivity index (χ3n) is 11.3. The van der Waals surface area contributed by atoms with E-state index in [0.29, 0.717) is 69.1 Å². The van der Waals surface area contributed by atoms with E-state index in [-0.39, 0.29) is 71.5 Å². The van der Waals surface area contributed by atoms with Gasteiger partial charge in [-0.1, -0.05) is 39.1 Å². The number of urea groups is 1. The molecular weight excluding hydrogens is 754 g/mol. The average molecular weight is 807 g/mol. The number of nitrogens with one attached hydrogen (secondary N) is 2. The maximum atomic E-state index is 13.0. The number of carbonyl (C=O) groups is 5. The van der Waals surface area contributed by atoms with Crippen molar-refractivity contribution in [3.05, 3.63) is 76.3 Å². The average Bonchev–Trinajstić information content (AvgIpc) is 3.68. The number of aromatic hydroxyl groups is 2. The number of phenols is 2. The quantitative estimate of drug-likeness (QED) is 0.130. The molecule has 2 saturated carbocycles. The first-order valence-electron chi connectivity index (χ1n) is 17.8. The number of nitrogen functional groups attached to an aromatic ring is 1. The van der Waals surface area contributed by atoms with Gasteiger partial charge in [0.15, 0.2) is 11.5 Å². The lowest BCUT2D eigenvalue weighted by molar-refractivity contribution is -0.128. The number of carbonyl (C=O) groups excluding carboxylic acids is 5. The van der Waals surface area contributed by atoms with Crippen LogP contribution in [0.15, 0.2) is 65.1 Å². The summed E-state index contributed by atoms with van der Waals surface area (Å²) >= 11 is 3.36. The molecule has 0 bridgehead atoms. The van der Waals surface area contributed by atoms with Gasteiger partial charge in [-0.3, -0.25) is 19.2 Å². The van der Waals surface area contributed by atoms with Crippen molar-refractivity contribution in [3.63, 3.8) is 0 Å². The van der Waals surface area contributed by atoms with Gasteiger partial charge in [0, 0.05) is 54.3 Å². The Morgan fingerprint density at radius 3 is 1.56 bits per heavy atom. The van der Waals surface area contributed by atoms with Gasteiger partial charge in [-0.2, -0.15) is 0 Å². The number of likely N-dealkylation sites (tertiary alicyclic amines) is 2. The maximum absolute atomic E-state index is 13.0. The number of nitrogens with two attached hydrogens (primary N) is 1. The molecule has 2 heterocycles. The van der Waals surface area contributed by atoms with Crippen LogP contribution in [0.3, 0.4) is 0 Å². The zero-order chi connectivity index (χ0) is 37.0. The minimum absolute atomic E-state index is 0. The van der Waals surface area contributed by atoms with Crippen molar-refractivity contribution in [1.82, 2.24) is 9.80 Å². The number of amides is 4. The summed E-state index contributed by atoms with van der Waals surface area (Å²) in [6.07, 6.45) is 7.92. The molecule has 7 rings (SSSR count). The summed E-state index contributed by atoms with van der Waals surface area (Å²) in [5, 5.41) is 25.9. The molecule has 6 N–H and O–H groups in total. The monoisotopic (exact) mass is 805 g/mol. The Bertz CT molecular complexity index is 1880. The van der Waals surface area contributed by atoms with Crippen LogP contribution in [0.1, 0.15) is 99.8 Å². The third kappa shape index (κ3) is 8.56. The fraction of sp³-hybridized carbons (Fsp3) is 0.439. The van der Waals surface area contributed by atoms with Crippen molar-refractivity contribution in [2.75, 3.05) is 42.5 Å². The minimum atomic E-state index is -0.536. The van der Waals surface area contributed by atoms with E-state index in [1.807, 2.05) is 6.07 Å². The van der Waals surface area contributed by atoms with Crippen molar-refractivity contribution in [1.29, 1.82) is 0 Å². The highest BCUT2D eigenvalue weighted by atomic mass is 79.9. The third-order valence-corrected chi connectivity index (χ3v) is 11.9. The van der Waals surface area contributed by atoms with Gasteiger partial charge in [-0.15, -0.1) is 0 Å². The topological polar surface area (TPSA) is 182 Å². The van der Waals surface area contributed by atoms with Crippen LogP contribution >= 0.6 is 15.9 Å². The van der Waals surface area contributed by atoms with Crippen LogP contribution in [0.5, 0.6) is 11.5 Å². The van der Waals surface area contributed by atoms with E-state index >= 15 is 0 Å². The van der Waals surface area contributed by atoms with E-state index in [2.05, 4.69) is 26.6 Å². The predicted octanol–water partition coefficient (Wildman–Crippen LogP) is 8.00. The van der Waals surface area contributed by atoms with Gasteiger partial charge in [0.25, 0.3) is 11.8 Å². The molecule has 0 aromatic heterocycles. The highest BCUT2D eigenvalue weighted by molar-refractivity contribution is 9.10. The number of rotatable bonds is 4. The minimum Gasteiger partial charge on any atom is -0.505 e. The second kappa shape index (κ2) is 17.5. The molecule has 290 valence electrons. The van der Waals surface area contributed by atoms with Crippen LogP contribution in [0, 0.1) is 10.8 Å². The number of benzene rings is 3. The van der Waals surface area contributed by atoms with Gasteiger partial charge >= 0.3 is 6.03 Å². The predicted molar refractivity (Wildman–Crippen MR) is 214 cm³/mol. The Hall–Kier alpha value is -4.91. The van der Waals surface area contributed by atoms with Crippen LogP contribution in [-0.2, 0) is 9.59 Å². The molecule has 12 nitrogen and oxygen atoms in total. The van der Waals surface area contributed by atoms with Crippen molar-refractivity contribution < 1.29 is 34.2 Å². The molecule has 54 heavy (non-hydrogen) atoms. The first-order valence-corrected chi connectivity index (χ1v) is 18.6. The lowest BCUT2D eigenvalue weighted by Gasteiger charge is -2.38. The summed E-state index contributed by atoms with van der Waals surface area (Å²) in [4.78, 5) is 65.6. The molecule has 3 aromatic carbocycles. The molecule has 4 aliphatic rings. The van der Waals surface area contributed by atoms with Crippen LogP contribution in [0.2, 0.25) is 0 Å². The molecule has 0 atom stereocenters. The molecule has 2 aliphatic heterocycles. The Balaban J connectivity index is 0.000000248. The SMILES string of the molecule is C.C.Nc1cccc(C(=O)N2CCC3(CCCC3=O)CC2)c1O.O=C(Nc1ccccc1Br)Nc1cccc(C(=O)N2CCC3(CCCC3=O)CC2)c1O. The van der Waals surface area contributed by atoms with Gasteiger partial charge in [-0.25, -0.2) is 4.79 Å². The number of nitrogens with zero attached hydrogens (tertiary/aromatic N) is 2. The number of piperidine rings is 2. The molecule has 0 unspecified atom stereocenters. The number of hydrogen-bond acceptors (Lipinski definition) is 8. The Labute approximate surface area is 325 Å². The summed E-state index contributed by atoms with van der Waals surface area (Å²) in [7, 11) is 0. The molecule has 2 spiro atoms. The summed E-state index contributed by atoms with van der Waals surface area (Å²) < 4.78 is 0.724. The Morgan fingerprint density at radius 1 is 0.630 bits per heavy atom. The fourth-order valence-corrected chi connectivity index (χ4v) is 8.43. The smallest absolute Gasteiger partial charge is 0.323 e. The van der Waals surface area contributed by atoms with Gasteiger partial charge in [0.1, 0.15) is 11.6 Å². The molecule has 13 heteroatoms. The highest BCUT2D eigenvalue weighted by Crippen LogP contribution is 2.45. The van der Waals surface area contributed by atoms with Crippen LogP contribution in [0.4, 0.5) is 21.9 Å². The fourth-order valence-electron chi connectivity index (χ4n) is 8.05. The van der Waals surface area contributed by atoms with Crippen LogP contribution in [-0.4, -0.2) is 75.6 Å². The van der Waals surface area contributed by atoms with Gasteiger partial charge in [0.05, 0.1) is 28.2 Å². The molecule has 0 radical (unpaired) electrons. The molecule has 3 aromatic rings. The first-order chi connectivity index (χ1) is 24.9. The summed E-state index contributed by atoms with van der Waals surface area (Å²) in [6, 6.07) is 16.1. The number of phenolic OH excluding ortho intramolecular Hbond substituents is 2. The van der Waals surface area contributed by atoms with E-state index in [0.717, 1.165) is 43.0 Å². The largest absolute Gasteiger partial charge is 0.505 e. The van der Waals surface area contributed by atoms with Crippen molar-refractivity contribution in [3.8, 4) is 11.5 Å². The van der Waals surface area contributed by atoms with E-state index in [4.69, 9.17) is 5.73 Å². The van der Waals surface area contributed by atoms with Gasteiger partial charge in [-0.05, 0) is 104 Å². The zero-order valence-corrected chi connectivity index (χ0v) is 30.5. The number of anilines is 3. The molecule has 2 aliphatic carbocycles. The Morgan fingerprint density at radius 2 is 1.07 bits per heavy atom. The lowest BCUT2D eigenvalue weighted by Crippen LogP contribution is -2.44. The van der Waals surface area contributed by atoms with E-state index in [1.54, 1.807) is 58.3 Å². The van der Waals surface area contributed by atoms with Crippen molar-refractivity contribution in [2.24, 2.45) is 10.8 Å². The zero-order valence-electron chi connectivity index (χ0n) is 29.0. The molecular formula is C41H52BrN5O7. The number of ketones is 2. The Kier molecular flexibility index (Phi) is 13.5. The number of halogens is 1.